The van der Waals surface area contributed by atoms with Crippen molar-refractivity contribution in [2.45, 2.75) is 38.3 Å². The second-order valence-corrected chi connectivity index (χ2v) is 4.89. The van der Waals surface area contributed by atoms with Gasteiger partial charge in [0.25, 0.3) is 5.91 Å². The molecule has 1 aromatic heterocycles. The van der Waals surface area contributed by atoms with Gasteiger partial charge in [0.1, 0.15) is 11.7 Å². The first-order valence-electron chi connectivity index (χ1n) is 5.94. The standard InChI is InChI=1S/C12H15ClN2O3/c1-2-9(12(17)18)14-11(16)10-5-7(13)6-15(10)8-3-4-8/h5-6,8-9H,2-4H2,1H3,(H,14,16)(H,17,18)/t9-/m1/s1. The molecule has 6 heteroatoms. The van der Waals surface area contributed by atoms with E-state index < -0.39 is 12.0 Å². The third kappa shape index (κ3) is 2.67. The first-order valence-corrected chi connectivity index (χ1v) is 6.31. The van der Waals surface area contributed by atoms with Gasteiger partial charge in [0.15, 0.2) is 0 Å². The van der Waals surface area contributed by atoms with Crippen LogP contribution >= 0.6 is 11.6 Å². The molecular weight excluding hydrogens is 256 g/mol. The molecule has 0 saturated heterocycles. The fraction of sp³-hybridized carbons (Fsp3) is 0.500. The predicted molar refractivity (Wildman–Crippen MR) is 66.9 cm³/mol. The fourth-order valence-corrected chi connectivity index (χ4v) is 2.06. The highest BCUT2D eigenvalue weighted by molar-refractivity contribution is 6.31. The Morgan fingerprint density at radius 2 is 2.28 bits per heavy atom. The number of rotatable bonds is 5. The summed E-state index contributed by atoms with van der Waals surface area (Å²) in [6.07, 6.45) is 4.12. The smallest absolute Gasteiger partial charge is 0.326 e. The number of carboxylic acid groups (broad SMARTS) is 1. The quantitative estimate of drug-likeness (QED) is 0.860. The van der Waals surface area contributed by atoms with Gasteiger partial charge < -0.3 is 15.0 Å². The molecule has 1 aliphatic carbocycles. The maximum atomic E-state index is 12.0. The molecular formula is C12H15ClN2O3. The first-order chi connectivity index (χ1) is 8.52. The summed E-state index contributed by atoms with van der Waals surface area (Å²) in [6, 6.07) is 1.03. The van der Waals surface area contributed by atoms with Crippen LogP contribution in [0.25, 0.3) is 0 Å². The number of aromatic nitrogens is 1. The summed E-state index contributed by atoms with van der Waals surface area (Å²) < 4.78 is 1.83. The van der Waals surface area contributed by atoms with Gasteiger partial charge in [-0.1, -0.05) is 18.5 Å². The summed E-state index contributed by atoms with van der Waals surface area (Å²) in [4.78, 5) is 22.9. The number of carbonyl (C=O) groups excluding carboxylic acids is 1. The number of aliphatic carboxylic acids is 1. The number of hydrogen-bond acceptors (Lipinski definition) is 2. The summed E-state index contributed by atoms with van der Waals surface area (Å²) in [6.45, 7) is 1.71. The van der Waals surface area contributed by atoms with Crippen molar-refractivity contribution in [2.24, 2.45) is 0 Å². The minimum absolute atomic E-state index is 0.322. The normalized spacial score (nSPS) is 16.3. The van der Waals surface area contributed by atoms with E-state index in [2.05, 4.69) is 5.32 Å². The van der Waals surface area contributed by atoms with Gasteiger partial charge in [0.2, 0.25) is 0 Å². The zero-order chi connectivity index (χ0) is 13.3. The zero-order valence-electron chi connectivity index (χ0n) is 10.0. The fourth-order valence-electron chi connectivity index (χ4n) is 1.85. The Kier molecular flexibility index (Phi) is 3.61. The monoisotopic (exact) mass is 270 g/mol. The highest BCUT2D eigenvalue weighted by atomic mass is 35.5. The first kappa shape index (κ1) is 13.0. The molecule has 1 heterocycles. The van der Waals surface area contributed by atoms with Crippen molar-refractivity contribution >= 4 is 23.5 Å². The molecule has 98 valence electrons. The van der Waals surface area contributed by atoms with Crippen LogP contribution in [-0.4, -0.2) is 27.6 Å². The number of nitrogens with zero attached hydrogens (tertiary/aromatic N) is 1. The number of amides is 1. The van der Waals surface area contributed by atoms with Gasteiger partial charge in [-0.25, -0.2) is 4.79 Å². The van der Waals surface area contributed by atoms with Gasteiger partial charge in [-0.3, -0.25) is 4.79 Å². The number of carboxylic acids is 1. The van der Waals surface area contributed by atoms with E-state index >= 15 is 0 Å². The maximum absolute atomic E-state index is 12.0. The summed E-state index contributed by atoms with van der Waals surface area (Å²) in [7, 11) is 0. The van der Waals surface area contributed by atoms with Crippen LogP contribution in [0.15, 0.2) is 12.3 Å². The zero-order valence-corrected chi connectivity index (χ0v) is 10.8. The van der Waals surface area contributed by atoms with Crippen molar-refractivity contribution in [1.29, 1.82) is 0 Å². The maximum Gasteiger partial charge on any atom is 0.326 e. The Balaban J connectivity index is 2.15. The molecule has 0 radical (unpaired) electrons. The molecule has 1 atom stereocenters. The molecule has 0 aromatic carbocycles. The lowest BCUT2D eigenvalue weighted by atomic mass is 10.2. The lowest BCUT2D eigenvalue weighted by molar-refractivity contribution is -0.139. The highest BCUT2D eigenvalue weighted by Gasteiger charge is 2.29. The molecule has 1 aromatic rings. The Hall–Kier alpha value is -1.49. The molecule has 1 amide bonds. The number of carbonyl (C=O) groups is 2. The second kappa shape index (κ2) is 5.02. The van der Waals surface area contributed by atoms with E-state index in [4.69, 9.17) is 16.7 Å². The van der Waals surface area contributed by atoms with Crippen molar-refractivity contribution < 1.29 is 14.7 Å². The van der Waals surface area contributed by atoms with Crippen LogP contribution in [0.4, 0.5) is 0 Å². The average molecular weight is 271 g/mol. The van der Waals surface area contributed by atoms with Crippen LogP contribution in [0.3, 0.4) is 0 Å². The van der Waals surface area contributed by atoms with E-state index in [9.17, 15) is 9.59 Å². The lowest BCUT2D eigenvalue weighted by Crippen LogP contribution is -2.40. The third-order valence-electron chi connectivity index (χ3n) is 3.00. The molecule has 5 nitrogen and oxygen atoms in total. The predicted octanol–water partition coefficient (Wildman–Crippen LogP) is 2.07. The summed E-state index contributed by atoms with van der Waals surface area (Å²) in [5, 5.41) is 11.9. The molecule has 0 unspecified atom stereocenters. The topological polar surface area (TPSA) is 71.3 Å². The minimum atomic E-state index is -1.03. The lowest BCUT2D eigenvalue weighted by Gasteiger charge is -2.13. The molecule has 1 aliphatic rings. The van der Waals surface area contributed by atoms with E-state index in [1.54, 1.807) is 19.2 Å². The van der Waals surface area contributed by atoms with E-state index in [1.165, 1.54) is 0 Å². The van der Waals surface area contributed by atoms with Gasteiger partial charge >= 0.3 is 5.97 Å². The number of hydrogen-bond donors (Lipinski definition) is 2. The van der Waals surface area contributed by atoms with Crippen molar-refractivity contribution in [3.63, 3.8) is 0 Å². The van der Waals surface area contributed by atoms with Crippen LogP contribution in [0.2, 0.25) is 5.02 Å². The SMILES string of the molecule is CC[C@@H](NC(=O)c1cc(Cl)cn1C1CC1)C(=O)O. The molecule has 0 aliphatic heterocycles. The molecule has 1 fully saturated rings. The number of nitrogens with one attached hydrogen (secondary N) is 1. The minimum Gasteiger partial charge on any atom is -0.480 e. The third-order valence-corrected chi connectivity index (χ3v) is 3.21. The largest absolute Gasteiger partial charge is 0.480 e. The van der Waals surface area contributed by atoms with E-state index in [1.807, 2.05) is 4.57 Å². The molecule has 1 saturated carbocycles. The van der Waals surface area contributed by atoms with Crippen LogP contribution in [-0.2, 0) is 4.79 Å². The molecule has 2 N–H and O–H groups in total. The van der Waals surface area contributed by atoms with Crippen molar-refractivity contribution in [2.75, 3.05) is 0 Å². The Bertz CT molecular complexity index is 480. The number of halogens is 1. The van der Waals surface area contributed by atoms with Crippen molar-refractivity contribution in [3.05, 3.63) is 23.0 Å². The van der Waals surface area contributed by atoms with E-state index in [0.717, 1.165) is 12.8 Å². The van der Waals surface area contributed by atoms with Gasteiger partial charge in [-0.15, -0.1) is 0 Å². The molecule has 2 rings (SSSR count). The van der Waals surface area contributed by atoms with Gasteiger partial charge in [0.05, 0.1) is 5.02 Å². The summed E-state index contributed by atoms with van der Waals surface area (Å²) in [5.41, 5.74) is 0.433. The molecule has 18 heavy (non-hydrogen) atoms. The van der Waals surface area contributed by atoms with Gasteiger partial charge in [-0.2, -0.15) is 0 Å². The Morgan fingerprint density at radius 3 is 2.78 bits per heavy atom. The average Bonchev–Trinajstić information content (AvgIpc) is 3.08. The molecule has 0 bridgehead atoms. The Labute approximate surface area is 110 Å². The van der Waals surface area contributed by atoms with Crippen molar-refractivity contribution in [3.8, 4) is 0 Å². The molecule has 0 spiro atoms. The summed E-state index contributed by atoms with van der Waals surface area (Å²) in [5.74, 6) is -1.41. The van der Waals surface area contributed by atoms with E-state index in [0.29, 0.717) is 23.2 Å². The second-order valence-electron chi connectivity index (χ2n) is 4.45. The van der Waals surface area contributed by atoms with Gasteiger partial charge in [-0.05, 0) is 25.3 Å². The highest BCUT2D eigenvalue weighted by Crippen LogP contribution is 2.37. The van der Waals surface area contributed by atoms with Crippen LogP contribution in [0.5, 0.6) is 0 Å². The van der Waals surface area contributed by atoms with E-state index in [-0.39, 0.29) is 5.91 Å². The van der Waals surface area contributed by atoms with Crippen LogP contribution in [0.1, 0.15) is 42.7 Å². The Morgan fingerprint density at radius 1 is 1.61 bits per heavy atom. The van der Waals surface area contributed by atoms with Crippen molar-refractivity contribution in [1.82, 2.24) is 9.88 Å². The van der Waals surface area contributed by atoms with Gasteiger partial charge in [0, 0.05) is 12.2 Å². The van der Waals surface area contributed by atoms with Crippen LogP contribution < -0.4 is 5.32 Å². The summed E-state index contributed by atoms with van der Waals surface area (Å²) >= 11 is 5.90. The van der Waals surface area contributed by atoms with Crippen LogP contribution in [0, 0.1) is 0 Å².